The van der Waals surface area contributed by atoms with Crippen LogP contribution >= 0.6 is 0 Å². The zero-order chi connectivity index (χ0) is 12.8. The summed E-state index contributed by atoms with van der Waals surface area (Å²) in [5, 5.41) is 11.6. The molecule has 0 spiro atoms. The summed E-state index contributed by atoms with van der Waals surface area (Å²) in [7, 11) is 0. The third-order valence-electron chi connectivity index (χ3n) is 2.26. The molecule has 4 heteroatoms. The summed E-state index contributed by atoms with van der Waals surface area (Å²) in [6.07, 6.45) is 1.18. The summed E-state index contributed by atoms with van der Waals surface area (Å²) >= 11 is 0. The van der Waals surface area contributed by atoms with Crippen LogP contribution in [0.5, 0.6) is 0 Å². The van der Waals surface area contributed by atoms with Crippen LogP contribution in [0.4, 0.5) is 4.79 Å². The molecular formula is C12H25NO3. The van der Waals surface area contributed by atoms with Crippen molar-refractivity contribution in [1.29, 1.82) is 0 Å². The van der Waals surface area contributed by atoms with E-state index in [2.05, 4.69) is 19.2 Å². The molecule has 0 aliphatic heterocycles. The number of carbonyl (C=O) groups excluding carboxylic acids is 1. The third kappa shape index (κ3) is 8.53. The van der Waals surface area contributed by atoms with Crippen LogP contribution in [0.15, 0.2) is 0 Å². The van der Waals surface area contributed by atoms with Crippen molar-refractivity contribution in [2.45, 2.75) is 53.1 Å². The van der Waals surface area contributed by atoms with Gasteiger partial charge in [0.05, 0.1) is 0 Å². The van der Waals surface area contributed by atoms with Gasteiger partial charge in [-0.05, 0) is 39.0 Å². The van der Waals surface area contributed by atoms with E-state index in [0.29, 0.717) is 6.54 Å². The lowest BCUT2D eigenvalue weighted by atomic mass is 9.86. The van der Waals surface area contributed by atoms with E-state index in [1.165, 1.54) is 0 Å². The van der Waals surface area contributed by atoms with Crippen molar-refractivity contribution in [1.82, 2.24) is 5.32 Å². The average molecular weight is 231 g/mol. The first kappa shape index (κ1) is 15.2. The van der Waals surface area contributed by atoms with E-state index in [0.717, 1.165) is 12.8 Å². The number of ether oxygens (including phenoxy) is 1. The van der Waals surface area contributed by atoms with E-state index >= 15 is 0 Å². The van der Waals surface area contributed by atoms with Crippen molar-refractivity contribution in [3.8, 4) is 0 Å². The molecule has 16 heavy (non-hydrogen) atoms. The number of hydrogen-bond donors (Lipinski definition) is 2. The topological polar surface area (TPSA) is 58.6 Å². The average Bonchev–Trinajstić information content (AvgIpc) is 1.99. The number of aliphatic hydroxyl groups excluding tert-OH is 1. The molecule has 0 atom stereocenters. The summed E-state index contributed by atoms with van der Waals surface area (Å²) in [5.41, 5.74) is -0.408. The lowest BCUT2D eigenvalue weighted by Gasteiger charge is -2.24. The Morgan fingerprint density at radius 3 is 2.19 bits per heavy atom. The zero-order valence-electron chi connectivity index (χ0n) is 11.1. The molecule has 0 saturated heterocycles. The molecule has 0 aliphatic carbocycles. The number of hydrogen-bond acceptors (Lipinski definition) is 3. The maximum atomic E-state index is 11.3. The summed E-state index contributed by atoms with van der Waals surface area (Å²) in [6.45, 7) is 10.4. The minimum Gasteiger partial charge on any atom is -0.444 e. The molecule has 0 bridgehead atoms. The van der Waals surface area contributed by atoms with Gasteiger partial charge < -0.3 is 15.2 Å². The highest BCUT2D eigenvalue weighted by Gasteiger charge is 2.19. The highest BCUT2D eigenvalue weighted by Crippen LogP contribution is 2.23. The van der Waals surface area contributed by atoms with Gasteiger partial charge in [-0.3, -0.25) is 0 Å². The van der Waals surface area contributed by atoms with Crippen LogP contribution in [-0.4, -0.2) is 30.0 Å². The van der Waals surface area contributed by atoms with E-state index < -0.39 is 5.60 Å². The minimum absolute atomic E-state index is 0.0454. The van der Waals surface area contributed by atoms with Crippen molar-refractivity contribution in [2.75, 3.05) is 13.2 Å². The second-order valence-electron chi connectivity index (χ2n) is 5.82. The van der Waals surface area contributed by atoms with Crippen molar-refractivity contribution in [2.24, 2.45) is 5.41 Å². The molecular weight excluding hydrogens is 206 g/mol. The Bertz CT molecular complexity index is 219. The molecule has 0 aliphatic rings. The fourth-order valence-electron chi connectivity index (χ4n) is 1.24. The van der Waals surface area contributed by atoms with Gasteiger partial charge in [0.15, 0.2) is 0 Å². The summed E-state index contributed by atoms with van der Waals surface area (Å²) in [5.74, 6) is 0. The van der Waals surface area contributed by atoms with E-state index in [4.69, 9.17) is 9.84 Å². The fraction of sp³-hybridized carbons (Fsp3) is 0.917. The molecule has 0 saturated carbocycles. The van der Waals surface area contributed by atoms with Gasteiger partial charge >= 0.3 is 6.09 Å². The number of nitrogens with one attached hydrogen (secondary N) is 1. The molecule has 0 rings (SSSR count). The normalized spacial score (nSPS) is 12.4. The number of alkyl carbamates (subject to hydrolysis) is 1. The van der Waals surface area contributed by atoms with Crippen LogP contribution in [0.3, 0.4) is 0 Å². The molecule has 0 aromatic rings. The van der Waals surface area contributed by atoms with Gasteiger partial charge in [-0.15, -0.1) is 0 Å². The zero-order valence-corrected chi connectivity index (χ0v) is 11.1. The SMILES string of the molecule is CC(C)(CCO)CCNC(=O)OC(C)(C)C. The fourth-order valence-corrected chi connectivity index (χ4v) is 1.24. The first-order chi connectivity index (χ1) is 7.16. The molecule has 0 radical (unpaired) electrons. The van der Waals surface area contributed by atoms with Crippen LogP contribution in [0.1, 0.15) is 47.5 Å². The first-order valence-corrected chi connectivity index (χ1v) is 5.74. The van der Waals surface area contributed by atoms with E-state index in [1.807, 2.05) is 20.8 Å². The lowest BCUT2D eigenvalue weighted by molar-refractivity contribution is 0.0520. The van der Waals surface area contributed by atoms with Gasteiger partial charge in [0.25, 0.3) is 0 Å². The molecule has 1 amide bonds. The number of rotatable bonds is 5. The lowest BCUT2D eigenvalue weighted by Crippen LogP contribution is -2.34. The van der Waals surface area contributed by atoms with E-state index in [1.54, 1.807) is 0 Å². The summed E-state index contributed by atoms with van der Waals surface area (Å²) < 4.78 is 5.11. The Labute approximate surface area is 98.4 Å². The predicted octanol–water partition coefficient (Wildman–Crippen LogP) is 2.31. The van der Waals surface area contributed by atoms with Crippen molar-refractivity contribution >= 4 is 6.09 Å². The van der Waals surface area contributed by atoms with Crippen LogP contribution < -0.4 is 5.32 Å². The second-order valence-corrected chi connectivity index (χ2v) is 5.82. The van der Waals surface area contributed by atoms with E-state index in [-0.39, 0.29) is 18.1 Å². The van der Waals surface area contributed by atoms with Crippen molar-refractivity contribution < 1.29 is 14.6 Å². The first-order valence-electron chi connectivity index (χ1n) is 5.74. The molecule has 0 aromatic heterocycles. The second kappa shape index (κ2) is 6.09. The van der Waals surface area contributed by atoms with Crippen LogP contribution in [-0.2, 0) is 4.74 Å². The molecule has 0 heterocycles. The summed E-state index contributed by atoms with van der Waals surface area (Å²) in [4.78, 5) is 11.3. The molecule has 96 valence electrons. The molecule has 0 fully saturated rings. The van der Waals surface area contributed by atoms with Crippen molar-refractivity contribution in [3.05, 3.63) is 0 Å². The maximum absolute atomic E-state index is 11.3. The van der Waals surface area contributed by atoms with Gasteiger partial charge in [-0.2, -0.15) is 0 Å². The van der Waals surface area contributed by atoms with E-state index in [9.17, 15) is 4.79 Å². The Morgan fingerprint density at radius 2 is 1.75 bits per heavy atom. The number of aliphatic hydroxyl groups is 1. The highest BCUT2D eigenvalue weighted by molar-refractivity contribution is 5.67. The smallest absolute Gasteiger partial charge is 0.407 e. The Hall–Kier alpha value is -0.770. The van der Waals surface area contributed by atoms with Gasteiger partial charge in [-0.25, -0.2) is 4.79 Å². The Morgan fingerprint density at radius 1 is 1.19 bits per heavy atom. The molecule has 0 unspecified atom stereocenters. The highest BCUT2D eigenvalue weighted by atomic mass is 16.6. The Balaban J connectivity index is 3.78. The predicted molar refractivity (Wildman–Crippen MR) is 64.3 cm³/mol. The monoisotopic (exact) mass is 231 g/mol. The van der Waals surface area contributed by atoms with Gasteiger partial charge in [0, 0.05) is 13.2 Å². The quantitative estimate of drug-likeness (QED) is 0.763. The molecule has 0 aromatic carbocycles. The maximum Gasteiger partial charge on any atom is 0.407 e. The van der Waals surface area contributed by atoms with Gasteiger partial charge in [-0.1, -0.05) is 13.8 Å². The van der Waals surface area contributed by atoms with Crippen LogP contribution in [0.2, 0.25) is 0 Å². The van der Waals surface area contributed by atoms with Crippen LogP contribution in [0, 0.1) is 5.41 Å². The summed E-state index contributed by atoms with van der Waals surface area (Å²) in [6, 6.07) is 0. The largest absolute Gasteiger partial charge is 0.444 e. The van der Waals surface area contributed by atoms with Crippen molar-refractivity contribution in [3.63, 3.8) is 0 Å². The van der Waals surface area contributed by atoms with Gasteiger partial charge in [0.1, 0.15) is 5.60 Å². The number of amides is 1. The standard InChI is InChI=1S/C12H25NO3/c1-11(2,3)16-10(15)13-8-6-12(4,5)7-9-14/h14H,6-9H2,1-5H3,(H,13,15). The van der Waals surface area contributed by atoms with Crippen LogP contribution in [0.25, 0.3) is 0 Å². The number of carbonyl (C=O) groups is 1. The molecule has 4 nitrogen and oxygen atoms in total. The molecule has 2 N–H and O–H groups in total. The van der Waals surface area contributed by atoms with Gasteiger partial charge in [0.2, 0.25) is 0 Å². The Kier molecular flexibility index (Phi) is 5.79. The minimum atomic E-state index is -0.454. The third-order valence-corrected chi connectivity index (χ3v) is 2.26.